The van der Waals surface area contributed by atoms with Crippen molar-refractivity contribution in [2.75, 3.05) is 14.1 Å². The number of ether oxygens (including phenoxy) is 1. The molecule has 0 aliphatic carbocycles. The smallest absolute Gasteiger partial charge is 0.457 e. The first-order valence-corrected chi connectivity index (χ1v) is 8.32. The average Bonchev–Trinajstić information content (AvgIpc) is 2.67. The minimum absolute atomic E-state index is 0.115. The minimum atomic E-state index is -6.97. The molecule has 0 spiro atoms. The quantitative estimate of drug-likeness (QED) is 0.489. The normalized spacial score (nSPS) is 13.1. The first kappa shape index (κ1) is 24.4. The van der Waals surface area contributed by atoms with E-state index in [4.69, 9.17) is 4.74 Å². The number of carbonyl (C=O) groups is 1. The highest BCUT2D eigenvalue weighted by atomic mass is 19.4. The molecule has 31 heavy (non-hydrogen) atoms. The van der Waals surface area contributed by atoms with Crippen molar-refractivity contribution in [2.24, 2.45) is 0 Å². The van der Waals surface area contributed by atoms with Gasteiger partial charge in [0, 0.05) is 25.2 Å². The Kier molecular flexibility index (Phi) is 6.26. The molecule has 2 aromatic rings. The van der Waals surface area contributed by atoms with Crippen LogP contribution in [0.3, 0.4) is 0 Å². The summed E-state index contributed by atoms with van der Waals surface area (Å²) in [6, 6.07) is 7.36. The standard InChI is InChI=1S/C19H14F9NO2/c1-29(2)15(30)11-3-7-13(8-4-11)31-14-9-5-12(6-10-14)16(20,21)17(22,23)18(24,25)19(26,27)28/h3-10H,1-2H3. The number of amides is 1. The molecule has 0 saturated heterocycles. The molecule has 0 N–H and O–H groups in total. The van der Waals surface area contributed by atoms with Gasteiger partial charge in [-0.2, -0.15) is 39.5 Å². The van der Waals surface area contributed by atoms with Gasteiger partial charge in [0.25, 0.3) is 5.91 Å². The number of rotatable bonds is 6. The van der Waals surface area contributed by atoms with Crippen molar-refractivity contribution in [3.05, 3.63) is 59.7 Å². The van der Waals surface area contributed by atoms with Gasteiger partial charge in [0.2, 0.25) is 0 Å². The summed E-state index contributed by atoms with van der Waals surface area (Å²) in [4.78, 5) is 13.1. The van der Waals surface area contributed by atoms with Crippen LogP contribution in [0.25, 0.3) is 0 Å². The number of carbonyl (C=O) groups excluding carboxylic acids is 1. The van der Waals surface area contributed by atoms with Gasteiger partial charge in [-0.05, 0) is 48.5 Å². The Balaban J connectivity index is 2.24. The lowest BCUT2D eigenvalue weighted by molar-refractivity contribution is -0.399. The molecule has 3 nitrogen and oxygen atoms in total. The Morgan fingerprint density at radius 3 is 1.52 bits per heavy atom. The van der Waals surface area contributed by atoms with Crippen molar-refractivity contribution >= 4 is 5.91 Å². The summed E-state index contributed by atoms with van der Waals surface area (Å²) in [6.45, 7) is 0. The third kappa shape index (κ3) is 4.42. The third-order valence-electron chi connectivity index (χ3n) is 4.10. The van der Waals surface area contributed by atoms with Crippen molar-refractivity contribution in [3.8, 4) is 11.5 Å². The van der Waals surface area contributed by atoms with E-state index in [0.29, 0.717) is 17.7 Å². The maximum atomic E-state index is 13.9. The van der Waals surface area contributed by atoms with Crippen LogP contribution in [0.1, 0.15) is 15.9 Å². The highest BCUT2D eigenvalue weighted by molar-refractivity contribution is 5.93. The molecule has 0 heterocycles. The average molecular weight is 459 g/mol. The van der Waals surface area contributed by atoms with Crippen molar-refractivity contribution < 1.29 is 49.0 Å². The molecule has 0 radical (unpaired) electrons. The number of benzene rings is 2. The molecule has 2 rings (SSSR count). The largest absolute Gasteiger partial charge is 0.460 e. The minimum Gasteiger partial charge on any atom is -0.457 e. The van der Waals surface area contributed by atoms with E-state index in [1.807, 2.05) is 0 Å². The molecule has 0 fully saturated rings. The molecule has 0 saturated carbocycles. The number of hydrogen-bond donors (Lipinski definition) is 0. The summed E-state index contributed by atoms with van der Waals surface area (Å²) < 4.78 is 123. The number of hydrogen-bond acceptors (Lipinski definition) is 2. The van der Waals surface area contributed by atoms with E-state index in [0.717, 1.165) is 0 Å². The molecule has 2 aromatic carbocycles. The lowest BCUT2D eigenvalue weighted by atomic mass is 9.97. The van der Waals surface area contributed by atoms with Gasteiger partial charge in [0.05, 0.1) is 0 Å². The Labute approximate surface area is 170 Å². The molecule has 170 valence electrons. The molecule has 12 heteroatoms. The molecular formula is C19H14F9NO2. The summed E-state index contributed by atoms with van der Waals surface area (Å²) >= 11 is 0. The molecule has 0 bridgehead atoms. The van der Waals surface area contributed by atoms with Crippen LogP contribution in [-0.2, 0) is 5.92 Å². The van der Waals surface area contributed by atoms with Crippen LogP contribution in [-0.4, -0.2) is 42.9 Å². The fourth-order valence-corrected chi connectivity index (χ4v) is 2.35. The zero-order chi connectivity index (χ0) is 23.8. The second kappa shape index (κ2) is 7.97. The van der Waals surface area contributed by atoms with Crippen LogP contribution in [0.4, 0.5) is 39.5 Å². The van der Waals surface area contributed by atoms with Gasteiger partial charge in [-0.3, -0.25) is 4.79 Å². The van der Waals surface area contributed by atoms with Crippen molar-refractivity contribution in [1.82, 2.24) is 4.90 Å². The second-order valence-electron chi connectivity index (χ2n) is 6.57. The van der Waals surface area contributed by atoms with Crippen molar-refractivity contribution in [1.29, 1.82) is 0 Å². The molecule has 0 atom stereocenters. The maximum absolute atomic E-state index is 13.9. The van der Waals surface area contributed by atoms with Gasteiger partial charge < -0.3 is 9.64 Å². The SMILES string of the molecule is CN(C)C(=O)c1ccc(Oc2ccc(C(F)(F)C(F)(F)C(F)(F)C(F)(F)F)cc2)cc1. The van der Waals surface area contributed by atoms with Gasteiger partial charge in [-0.1, -0.05) is 0 Å². The summed E-state index contributed by atoms with van der Waals surface area (Å²) in [5, 5.41) is 0. The van der Waals surface area contributed by atoms with E-state index in [9.17, 15) is 44.3 Å². The van der Waals surface area contributed by atoms with Crippen LogP contribution >= 0.6 is 0 Å². The van der Waals surface area contributed by atoms with E-state index in [2.05, 4.69) is 0 Å². The van der Waals surface area contributed by atoms with Crippen LogP contribution in [0.15, 0.2) is 48.5 Å². The first-order chi connectivity index (χ1) is 14.0. The Bertz CT molecular complexity index is 921. The Morgan fingerprint density at radius 2 is 1.13 bits per heavy atom. The Morgan fingerprint density at radius 1 is 0.710 bits per heavy atom. The number of halogens is 9. The summed E-state index contributed by atoms with van der Waals surface area (Å²) in [7, 11) is 3.05. The van der Waals surface area contributed by atoms with Gasteiger partial charge in [0.15, 0.2) is 0 Å². The first-order valence-electron chi connectivity index (χ1n) is 8.32. The van der Waals surface area contributed by atoms with Gasteiger partial charge in [-0.25, -0.2) is 0 Å². The van der Waals surface area contributed by atoms with Crippen LogP contribution in [0.5, 0.6) is 11.5 Å². The maximum Gasteiger partial charge on any atom is 0.460 e. The third-order valence-corrected chi connectivity index (χ3v) is 4.10. The number of nitrogens with zero attached hydrogens (tertiary/aromatic N) is 1. The predicted octanol–water partition coefficient (Wildman–Crippen LogP) is 6.11. The monoisotopic (exact) mass is 459 g/mol. The van der Waals surface area contributed by atoms with E-state index < -0.39 is 29.5 Å². The molecule has 0 unspecified atom stereocenters. The fraction of sp³-hybridized carbons (Fsp3) is 0.316. The van der Waals surface area contributed by atoms with Crippen molar-refractivity contribution in [2.45, 2.75) is 23.9 Å². The van der Waals surface area contributed by atoms with E-state index in [1.54, 1.807) is 0 Å². The van der Waals surface area contributed by atoms with E-state index in [1.165, 1.54) is 43.3 Å². The van der Waals surface area contributed by atoms with Gasteiger partial charge in [0.1, 0.15) is 11.5 Å². The molecular weight excluding hydrogens is 445 g/mol. The van der Waals surface area contributed by atoms with Crippen LogP contribution in [0, 0.1) is 0 Å². The molecule has 0 aromatic heterocycles. The lowest BCUT2D eigenvalue weighted by Gasteiger charge is -2.33. The van der Waals surface area contributed by atoms with Gasteiger partial charge >= 0.3 is 23.9 Å². The summed E-state index contributed by atoms with van der Waals surface area (Å²) in [6.07, 6.45) is -6.89. The lowest BCUT2D eigenvalue weighted by Crippen LogP contribution is -2.59. The summed E-state index contributed by atoms with van der Waals surface area (Å²) in [5.41, 5.74) is -1.46. The highest BCUT2D eigenvalue weighted by Gasteiger charge is 2.82. The topological polar surface area (TPSA) is 29.5 Å². The van der Waals surface area contributed by atoms with E-state index in [-0.39, 0.29) is 29.5 Å². The number of alkyl halides is 9. The van der Waals surface area contributed by atoms with Gasteiger partial charge in [-0.15, -0.1) is 0 Å². The highest BCUT2D eigenvalue weighted by Crippen LogP contribution is 2.56. The molecule has 0 aliphatic heterocycles. The van der Waals surface area contributed by atoms with Crippen LogP contribution in [0.2, 0.25) is 0 Å². The van der Waals surface area contributed by atoms with Crippen molar-refractivity contribution in [3.63, 3.8) is 0 Å². The Hall–Kier alpha value is -2.92. The zero-order valence-electron chi connectivity index (χ0n) is 15.8. The summed E-state index contributed by atoms with van der Waals surface area (Å²) in [5.74, 6) is -19.9. The second-order valence-corrected chi connectivity index (χ2v) is 6.57. The predicted molar refractivity (Wildman–Crippen MR) is 90.8 cm³/mol. The molecule has 0 aliphatic rings. The molecule has 1 amide bonds. The van der Waals surface area contributed by atoms with E-state index >= 15 is 0 Å². The fourth-order valence-electron chi connectivity index (χ4n) is 2.35. The van der Waals surface area contributed by atoms with Crippen LogP contribution < -0.4 is 4.74 Å². The zero-order valence-corrected chi connectivity index (χ0v) is 15.8.